The molecular formula is C15H26N2. The van der Waals surface area contributed by atoms with Gasteiger partial charge in [0.25, 0.3) is 0 Å². The molecule has 2 nitrogen and oxygen atoms in total. The lowest BCUT2D eigenvalue weighted by molar-refractivity contribution is 0.200. The van der Waals surface area contributed by atoms with Gasteiger partial charge in [0.2, 0.25) is 0 Å². The smallest absolute Gasteiger partial charge is 0.0233 e. The van der Waals surface area contributed by atoms with Crippen molar-refractivity contribution in [2.75, 3.05) is 13.6 Å². The Morgan fingerprint density at radius 3 is 2.06 bits per heavy atom. The summed E-state index contributed by atoms with van der Waals surface area (Å²) in [5.74, 6) is 0.691. The summed E-state index contributed by atoms with van der Waals surface area (Å²) in [6, 6.07) is 9.42. The zero-order chi connectivity index (χ0) is 12.8. The van der Waals surface area contributed by atoms with E-state index in [9.17, 15) is 0 Å². The maximum absolute atomic E-state index is 5.54. The monoisotopic (exact) mass is 234 g/mol. The summed E-state index contributed by atoms with van der Waals surface area (Å²) >= 11 is 0. The zero-order valence-electron chi connectivity index (χ0n) is 11.6. The van der Waals surface area contributed by atoms with Crippen molar-refractivity contribution in [3.05, 3.63) is 35.4 Å². The van der Waals surface area contributed by atoms with Crippen LogP contribution >= 0.6 is 0 Å². The average Bonchev–Trinajstić information content (AvgIpc) is 2.30. The molecule has 0 aliphatic heterocycles. The number of benzene rings is 1. The maximum Gasteiger partial charge on any atom is 0.0233 e. The molecule has 1 aromatic carbocycles. The number of hydrogen-bond donors (Lipinski definition) is 1. The lowest BCUT2D eigenvalue weighted by atomic mass is 10.0. The first kappa shape index (κ1) is 14.2. The van der Waals surface area contributed by atoms with Gasteiger partial charge in [-0.2, -0.15) is 0 Å². The van der Waals surface area contributed by atoms with Gasteiger partial charge in [0.05, 0.1) is 0 Å². The summed E-state index contributed by atoms with van der Waals surface area (Å²) < 4.78 is 0. The minimum absolute atomic E-state index is 0.610. The van der Waals surface area contributed by atoms with Gasteiger partial charge in [-0.3, -0.25) is 4.90 Å². The van der Waals surface area contributed by atoms with Gasteiger partial charge < -0.3 is 5.73 Å². The first-order chi connectivity index (χ1) is 8.04. The molecule has 1 aromatic rings. The third-order valence-electron chi connectivity index (χ3n) is 3.55. The fourth-order valence-corrected chi connectivity index (χ4v) is 1.92. The first-order valence-corrected chi connectivity index (χ1v) is 6.52. The lowest BCUT2D eigenvalue weighted by Crippen LogP contribution is -2.32. The van der Waals surface area contributed by atoms with Crippen LogP contribution in [-0.2, 0) is 13.0 Å². The molecule has 0 saturated heterocycles. The summed E-state index contributed by atoms with van der Waals surface area (Å²) in [4.78, 5) is 2.41. The highest BCUT2D eigenvalue weighted by molar-refractivity contribution is 5.22. The Kier molecular flexibility index (Phi) is 5.66. The highest BCUT2D eigenvalue weighted by Crippen LogP contribution is 2.13. The molecule has 17 heavy (non-hydrogen) atoms. The second kappa shape index (κ2) is 6.77. The third-order valence-corrected chi connectivity index (χ3v) is 3.55. The molecule has 0 bridgehead atoms. The SMILES string of the molecule is CC(C)C(C)N(C)Cc1ccc(CCN)cc1. The van der Waals surface area contributed by atoms with E-state index in [2.05, 4.69) is 57.0 Å². The molecule has 1 rings (SSSR count). The maximum atomic E-state index is 5.54. The minimum Gasteiger partial charge on any atom is -0.330 e. The Balaban J connectivity index is 2.56. The summed E-state index contributed by atoms with van der Waals surface area (Å²) in [7, 11) is 2.19. The molecule has 96 valence electrons. The van der Waals surface area contributed by atoms with Crippen LogP contribution in [0.15, 0.2) is 24.3 Å². The molecular weight excluding hydrogens is 208 g/mol. The van der Waals surface area contributed by atoms with Crippen LogP contribution in [0.2, 0.25) is 0 Å². The number of hydrogen-bond acceptors (Lipinski definition) is 2. The van der Waals surface area contributed by atoms with E-state index in [0.717, 1.165) is 19.5 Å². The quantitative estimate of drug-likeness (QED) is 0.820. The number of nitrogens with zero attached hydrogens (tertiary/aromatic N) is 1. The molecule has 1 unspecified atom stereocenters. The average molecular weight is 234 g/mol. The van der Waals surface area contributed by atoms with Crippen LogP contribution in [0.1, 0.15) is 31.9 Å². The second-order valence-corrected chi connectivity index (χ2v) is 5.25. The minimum atomic E-state index is 0.610. The van der Waals surface area contributed by atoms with Crippen molar-refractivity contribution >= 4 is 0 Å². The van der Waals surface area contributed by atoms with Gasteiger partial charge in [-0.1, -0.05) is 38.1 Å². The summed E-state index contributed by atoms with van der Waals surface area (Å²) in [5.41, 5.74) is 8.25. The van der Waals surface area contributed by atoms with E-state index in [1.165, 1.54) is 11.1 Å². The van der Waals surface area contributed by atoms with E-state index in [0.29, 0.717) is 12.0 Å². The molecule has 0 heterocycles. The van der Waals surface area contributed by atoms with Crippen LogP contribution in [0.5, 0.6) is 0 Å². The van der Waals surface area contributed by atoms with Crippen molar-refractivity contribution < 1.29 is 0 Å². The van der Waals surface area contributed by atoms with E-state index in [-0.39, 0.29) is 0 Å². The van der Waals surface area contributed by atoms with E-state index in [1.807, 2.05) is 0 Å². The van der Waals surface area contributed by atoms with Crippen LogP contribution in [0.25, 0.3) is 0 Å². The predicted molar refractivity (Wildman–Crippen MR) is 75.0 cm³/mol. The second-order valence-electron chi connectivity index (χ2n) is 5.25. The van der Waals surface area contributed by atoms with Crippen LogP contribution in [0.3, 0.4) is 0 Å². The Hall–Kier alpha value is -0.860. The summed E-state index contributed by atoms with van der Waals surface area (Å²) in [6.45, 7) is 8.57. The van der Waals surface area contributed by atoms with Crippen molar-refractivity contribution in [1.82, 2.24) is 4.90 Å². The van der Waals surface area contributed by atoms with Gasteiger partial charge in [0.1, 0.15) is 0 Å². The van der Waals surface area contributed by atoms with Crippen molar-refractivity contribution in [3.63, 3.8) is 0 Å². The largest absolute Gasteiger partial charge is 0.330 e. The Bertz CT molecular complexity index is 316. The molecule has 0 amide bonds. The fourth-order valence-electron chi connectivity index (χ4n) is 1.92. The topological polar surface area (TPSA) is 29.3 Å². The van der Waals surface area contributed by atoms with Crippen LogP contribution < -0.4 is 5.73 Å². The van der Waals surface area contributed by atoms with Gasteiger partial charge >= 0.3 is 0 Å². The molecule has 0 aliphatic carbocycles. The third kappa shape index (κ3) is 4.49. The molecule has 0 radical (unpaired) electrons. The molecule has 1 atom stereocenters. The predicted octanol–water partition coefficient (Wildman–Crippen LogP) is 2.66. The molecule has 0 spiro atoms. The van der Waals surface area contributed by atoms with Crippen LogP contribution in [-0.4, -0.2) is 24.5 Å². The van der Waals surface area contributed by atoms with E-state index < -0.39 is 0 Å². The molecule has 2 N–H and O–H groups in total. The van der Waals surface area contributed by atoms with E-state index in [1.54, 1.807) is 0 Å². The van der Waals surface area contributed by atoms with Crippen LogP contribution in [0.4, 0.5) is 0 Å². The van der Waals surface area contributed by atoms with Gasteiger partial charge in [0, 0.05) is 12.6 Å². The number of nitrogens with two attached hydrogens (primary N) is 1. The summed E-state index contributed by atoms with van der Waals surface area (Å²) in [6.07, 6.45) is 0.971. The highest BCUT2D eigenvalue weighted by atomic mass is 15.1. The van der Waals surface area contributed by atoms with Crippen LogP contribution in [0, 0.1) is 5.92 Å². The van der Waals surface area contributed by atoms with E-state index >= 15 is 0 Å². The number of rotatable bonds is 6. The van der Waals surface area contributed by atoms with Crippen molar-refractivity contribution in [2.24, 2.45) is 11.7 Å². The standard InChI is InChI=1S/C15H26N2/c1-12(2)13(3)17(4)11-15-7-5-14(6-8-15)9-10-16/h5-8,12-13H,9-11,16H2,1-4H3. The molecule has 0 fully saturated rings. The fraction of sp³-hybridized carbons (Fsp3) is 0.600. The zero-order valence-corrected chi connectivity index (χ0v) is 11.6. The molecule has 0 saturated carbocycles. The van der Waals surface area contributed by atoms with Gasteiger partial charge in [-0.05, 0) is 44.0 Å². The van der Waals surface area contributed by atoms with Gasteiger partial charge in [0.15, 0.2) is 0 Å². The Morgan fingerprint density at radius 1 is 1.06 bits per heavy atom. The Morgan fingerprint density at radius 2 is 1.59 bits per heavy atom. The molecule has 0 aliphatic rings. The van der Waals surface area contributed by atoms with E-state index in [4.69, 9.17) is 5.73 Å². The normalized spacial score (nSPS) is 13.4. The van der Waals surface area contributed by atoms with Crippen molar-refractivity contribution in [3.8, 4) is 0 Å². The van der Waals surface area contributed by atoms with Crippen molar-refractivity contribution in [2.45, 2.75) is 39.8 Å². The first-order valence-electron chi connectivity index (χ1n) is 6.52. The highest BCUT2D eigenvalue weighted by Gasteiger charge is 2.12. The lowest BCUT2D eigenvalue weighted by Gasteiger charge is -2.27. The Labute approximate surface area is 106 Å². The van der Waals surface area contributed by atoms with Gasteiger partial charge in [-0.25, -0.2) is 0 Å². The molecule has 0 aromatic heterocycles. The summed E-state index contributed by atoms with van der Waals surface area (Å²) in [5, 5.41) is 0. The van der Waals surface area contributed by atoms with Gasteiger partial charge in [-0.15, -0.1) is 0 Å². The van der Waals surface area contributed by atoms with Crippen molar-refractivity contribution in [1.29, 1.82) is 0 Å². The molecule has 2 heteroatoms.